The first kappa shape index (κ1) is 15.6. The number of ether oxygens (including phenoxy) is 5. The van der Waals surface area contributed by atoms with Gasteiger partial charge < -0.3 is 28.6 Å². The molecule has 0 bridgehead atoms. The molecule has 1 unspecified atom stereocenters. The van der Waals surface area contributed by atoms with E-state index in [0.717, 1.165) is 30.3 Å². The van der Waals surface area contributed by atoms with E-state index in [9.17, 15) is 0 Å². The van der Waals surface area contributed by atoms with Gasteiger partial charge in [-0.25, -0.2) is 0 Å². The predicted octanol–water partition coefficient (Wildman–Crippen LogP) is 2.33. The maximum absolute atomic E-state index is 6.14. The minimum absolute atomic E-state index is 0.0977. The molecule has 4 aliphatic heterocycles. The number of para-hydroxylation sites is 1. The molecule has 2 atom stereocenters. The van der Waals surface area contributed by atoms with Crippen molar-refractivity contribution in [1.82, 2.24) is 0 Å². The summed E-state index contributed by atoms with van der Waals surface area (Å²) in [5, 5.41) is 0. The van der Waals surface area contributed by atoms with E-state index in [4.69, 9.17) is 23.7 Å². The molecule has 0 aliphatic carbocycles. The molecule has 140 valence electrons. The molecule has 0 radical (unpaired) electrons. The molecule has 0 aromatic heterocycles. The molecule has 6 nitrogen and oxygen atoms in total. The Bertz CT molecular complexity index is 894. The second kappa shape index (κ2) is 5.78. The third-order valence-corrected chi connectivity index (χ3v) is 5.99. The first-order valence-electron chi connectivity index (χ1n) is 9.44. The van der Waals surface area contributed by atoms with E-state index >= 15 is 0 Å². The minimum Gasteiger partial charge on any atom is -0.492 e. The van der Waals surface area contributed by atoms with Crippen molar-refractivity contribution >= 4 is 5.69 Å². The average Bonchev–Trinajstić information content (AvgIpc) is 3.39. The van der Waals surface area contributed by atoms with Crippen LogP contribution in [0.5, 0.6) is 17.2 Å². The van der Waals surface area contributed by atoms with Crippen LogP contribution in [-0.4, -0.2) is 52.4 Å². The van der Waals surface area contributed by atoms with Gasteiger partial charge in [-0.15, -0.1) is 0 Å². The van der Waals surface area contributed by atoms with E-state index < -0.39 is 0 Å². The van der Waals surface area contributed by atoms with Gasteiger partial charge in [0.1, 0.15) is 12.4 Å². The van der Waals surface area contributed by atoms with Gasteiger partial charge in [-0.05, 0) is 17.7 Å². The summed E-state index contributed by atoms with van der Waals surface area (Å²) in [5.74, 6) is 2.47. The van der Waals surface area contributed by atoms with Crippen molar-refractivity contribution in [2.75, 3.05) is 51.2 Å². The van der Waals surface area contributed by atoms with Crippen LogP contribution in [0.15, 0.2) is 36.4 Å². The van der Waals surface area contributed by atoms with Gasteiger partial charge in [0.15, 0.2) is 11.5 Å². The summed E-state index contributed by atoms with van der Waals surface area (Å²) in [6.07, 6.45) is 0.0977. The molecule has 0 amide bonds. The van der Waals surface area contributed by atoms with Gasteiger partial charge in [0.05, 0.1) is 31.3 Å². The summed E-state index contributed by atoms with van der Waals surface area (Å²) < 4.78 is 28.8. The van der Waals surface area contributed by atoms with Crippen LogP contribution in [0.1, 0.15) is 11.1 Å². The number of rotatable bonds is 2. The summed E-state index contributed by atoms with van der Waals surface area (Å²) in [6.45, 7) is 4.58. The number of anilines is 1. The zero-order valence-electron chi connectivity index (χ0n) is 15.0. The smallest absolute Gasteiger partial charge is 0.231 e. The van der Waals surface area contributed by atoms with Crippen molar-refractivity contribution in [2.45, 2.75) is 11.5 Å². The topological polar surface area (TPSA) is 49.4 Å². The van der Waals surface area contributed by atoms with Gasteiger partial charge in [0, 0.05) is 30.4 Å². The van der Waals surface area contributed by atoms with Crippen LogP contribution in [0, 0.1) is 0 Å². The van der Waals surface area contributed by atoms with Crippen LogP contribution >= 0.6 is 0 Å². The molecule has 1 fully saturated rings. The second-order valence-corrected chi connectivity index (χ2v) is 7.54. The number of benzene rings is 2. The van der Waals surface area contributed by atoms with E-state index in [1.807, 2.05) is 6.07 Å². The quantitative estimate of drug-likeness (QED) is 0.812. The molecule has 4 aliphatic rings. The van der Waals surface area contributed by atoms with Gasteiger partial charge >= 0.3 is 0 Å². The summed E-state index contributed by atoms with van der Waals surface area (Å²) in [6, 6.07) is 12.7. The SMILES string of the molecule is c1ccc2c(c1)N(C[C@H]1COCCO1)CC21COc2cc3c(cc21)OCO3. The molecule has 2 aromatic rings. The normalized spacial score (nSPS) is 27.6. The molecule has 1 spiro atoms. The van der Waals surface area contributed by atoms with Gasteiger partial charge in [0.25, 0.3) is 0 Å². The summed E-state index contributed by atoms with van der Waals surface area (Å²) in [5.41, 5.74) is 3.55. The van der Waals surface area contributed by atoms with Crippen molar-refractivity contribution in [3.8, 4) is 17.2 Å². The van der Waals surface area contributed by atoms with Crippen molar-refractivity contribution in [3.63, 3.8) is 0 Å². The molecule has 4 heterocycles. The predicted molar refractivity (Wildman–Crippen MR) is 98.1 cm³/mol. The Morgan fingerprint density at radius 2 is 1.85 bits per heavy atom. The second-order valence-electron chi connectivity index (χ2n) is 7.54. The summed E-state index contributed by atoms with van der Waals surface area (Å²) >= 11 is 0. The molecule has 2 aromatic carbocycles. The van der Waals surface area contributed by atoms with Gasteiger partial charge in [-0.1, -0.05) is 18.2 Å². The molecule has 27 heavy (non-hydrogen) atoms. The van der Waals surface area contributed by atoms with Crippen LogP contribution < -0.4 is 19.1 Å². The van der Waals surface area contributed by atoms with E-state index in [2.05, 4.69) is 35.2 Å². The van der Waals surface area contributed by atoms with Crippen molar-refractivity contribution < 1.29 is 23.7 Å². The highest BCUT2D eigenvalue weighted by molar-refractivity contribution is 5.70. The Hall–Kier alpha value is -2.44. The van der Waals surface area contributed by atoms with Gasteiger partial charge in [-0.3, -0.25) is 0 Å². The molecule has 0 saturated carbocycles. The average molecular weight is 367 g/mol. The molecule has 6 rings (SSSR count). The Morgan fingerprint density at radius 3 is 2.74 bits per heavy atom. The first-order valence-corrected chi connectivity index (χ1v) is 9.44. The van der Waals surface area contributed by atoms with Gasteiger partial charge in [-0.2, -0.15) is 0 Å². The Morgan fingerprint density at radius 1 is 0.963 bits per heavy atom. The summed E-state index contributed by atoms with van der Waals surface area (Å²) in [7, 11) is 0. The zero-order chi connectivity index (χ0) is 17.8. The maximum Gasteiger partial charge on any atom is 0.231 e. The largest absolute Gasteiger partial charge is 0.492 e. The number of hydrogen-bond donors (Lipinski definition) is 0. The minimum atomic E-state index is -0.192. The molecule has 6 heteroatoms. The summed E-state index contributed by atoms with van der Waals surface area (Å²) in [4.78, 5) is 2.41. The van der Waals surface area contributed by atoms with Crippen LogP contribution in [0.25, 0.3) is 0 Å². The lowest BCUT2D eigenvalue weighted by Crippen LogP contribution is -2.42. The van der Waals surface area contributed by atoms with E-state index in [-0.39, 0.29) is 18.3 Å². The highest BCUT2D eigenvalue weighted by atomic mass is 16.7. The third kappa shape index (κ3) is 2.26. The van der Waals surface area contributed by atoms with Crippen LogP contribution in [0.2, 0.25) is 0 Å². The fourth-order valence-electron chi connectivity index (χ4n) is 4.75. The molecule has 1 saturated heterocycles. The van der Waals surface area contributed by atoms with Crippen LogP contribution in [0.3, 0.4) is 0 Å². The van der Waals surface area contributed by atoms with Crippen molar-refractivity contribution in [2.24, 2.45) is 0 Å². The Labute approximate surface area is 157 Å². The Balaban J connectivity index is 1.41. The molecular weight excluding hydrogens is 346 g/mol. The van der Waals surface area contributed by atoms with Crippen molar-refractivity contribution in [1.29, 1.82) is 0 Å². The van der Waals surface area contributed by atoms with E-state index in [0.29, 0.717) is 26.4 Å². The number of nitrogens with zero attached hydrogens (tertiary/aromatic N) is 1. The van der Waals surface area contributed by atoms with Gasteiger partial charge in [0.2, 0.25) is 6.79 Å². The fourth-order valence-corrected chi connectivity index (χ4v) is 4.75. The van der Waals surface area contributed by atoms with Crippen molar-refractivity contribution in [3.05, 3.63) is 47.5 Å². The first-order chi connectivity index (χ1) is 13.3. The van der Waals surface area contributed by atoms with Crippen LogP contribution in [0.4, 0.5) is 5.69 Å². The lowest BCUT2D eigenvalue weighted by atomic mass is 9.77. The number of fused-ring (bicyclic) bond motifs is 5. The fraction of sp³-hybridized carbons (Fsp3) is 0.429. The zero-order valence-corrected chi connectivity index (χ0v) is 15.0. The standard InChI is InChI=1S/C21H21NO5/c1-2-4-17-15(3-1)21(11-22(17)9-14-10-23-5-6-24-14)12-25-18-8-20-19(7-16(18)21)26-13-27-20/h1-4,7-8,14H,5-6,9-13H2/t14-,21?/m0/s1. The highest BCUT2D eigenvalue weighted by Gasteiger charge is 2.50. The Kier molecular flexibility index (Phi) is 3.34. The molecular formula is C21H21NO5. The van der Waals surface area contributed by atoms with E-state index in [1.165, 1.54) is 16.8 Å². The highest BCUT2D eigenvalue weighted by Crippen LogP contribution is 2.54. The number of hydrogen-bond acceptors (Lipinski definition) is 6. The molecule has 0 N–H and O–H groups in total. The van der Waals surface area contributed by atoms with Crippen LogP contribution in [-0.2, 0) is 14.9 Å². The maximum atomic E-state index is 6.14. The van der Waals surface area contributed by atoms with E-state index in [1.54, 1.807) is 0 Å². The monoisotopic (exact) mass is 367 g/mol. The third-order valence-electron chi connectivity index (χ3n) is 5.99. The lowest BCUT2D eigenvalue weighted by Gasteiger charge is -2.30. The lowest BCUT2D eigenvalue weighted by molar-refractivity contribution is -0.0840.